The molecule has 1 aliphatic rings. The maximum Gasteiger partial charge on any atom is 0.257 e. The summed E-state index contributed by atoms with van der Waals surface area (Å²) < 4.78 is 18.5. The Labute approximate surface area is 192 Å². The molecule has 0 aliphatic carbocycles. The third-order valence-electron chi connectivity index (χ3n) is 5.73. The van der Waals surface area contributed by atoms with Crippen molar-refractivity contribution in [3.8, 4) is 5.75 Å². The molecule has 1 atom stereocenters. The number of hydrogen-bond donors (Lipinski definition) is 2. The quantitative estimate of drug-likeness (QED) is 0.602. The second kappa shape index (κ2) is 11.3. The minimum absolute atomic E-state index is 0.131. The topological polar surface area (TPSA) is 87.7 Å². The van der Waals surface area contributed by atoms with E-state index in [4.69, 9.17) is 4.74 Å². The molecule has 0 saturated carbocycles. The monoisotopic (exact) mass is 453 g/mol. The SMILES string of the molecule is C=CCNC(=O)[C@H](NC(=O)c1ccc(F)cc1)C1CCN(C(=O)c2ccccc2OC)CC1. The molecule has 2 aromatic carbocycles. The van der Waals surface area contributed by atoms with Gasteiger partial charge < -0.3 is 20.3 Å². The Morgan fingerprint density at radius 2 is 1.82 bits per heavy atom. The van der Waals surface area contributed by atoms with E-state index in [0.29, 0.717) is 37.2 Å². The lowest BCUT2D eigenvalue weighted by molar-refractivity contribution is -0.124. The molecule has 3 amide bonds. The number of likely N-dealkylation sites (tertiary alicyclic amines) is 1. The van der Waals surface area contributed by atoms with Crippen LogP contribution in [0.4, 0.5) is 4.39 Å². The maximum atomic E-state index is 13.2. The molecule has 1 fully saturated rings. The lowest BCUT2D eigenvalue weighted by atomic mass is 9.88. The maximum absolute atomic E-state index is 13.2. The van der Waals surface area contributed by atoms with Gasteiger partial charge in [0.1, 0.15) is 17.6 Å². The molecule has 7 nitrogen and oxygen atoms in total. The highest BCUT2D eigenvalue weighted by Gasteiger charge is 2.34. The molecule has 1 heterocycles. The average molecular weight is 454 g/mol. The minimum atomic E-state index is -0.786. The van der Waals surface area contributed by atoms with Crippen LogP contribution in [-0.4, -0.2) is 55.4 Å². The zero-order valence-corrected chi connectivity index (χ0v) is 18.6. The van der Waals surface area contributed by atoms with E-state index in [-0.39, 0.29) is 29.8 Å². The van der Waals surface area contributed by atoms with Crippen LogP contribution in [0.25, 0.3) is 0 Å². The second-order valence-corrected chi connectivity index (χ2v) is 7.82. The van der Waals surface area contributed by atoms with Crippen molar-refractivity contribution in [2.45, 2.75) is 18.9 Å². The number of carbonyl (C=O) groups excluding carboxylic acids is 3. The van der Waals surface area contributed by atoms with Gasteiger partial charge >= 0.3 is 0 Å². The van der Waals surface area contributed by atoms with Crippen molar-refractivity contribution in [1.82, 2.24) is 15.5 Å². The number of carbonyl (C=O) groups is 3. The molecule has 0 radical (unpaired) electrons. The number of para-hydroxylation sites is 1. The minimum Gasteiger partial charge on any atom is -0.496 e. The number of ether oxygens (including phenoxy) is 1. The van der Waals surface area contributed by atoms with Crippen molar-refractivity contribution in [1.29, 1.82) is 0 Å². The first-order valence-corrected chi connectivity index (χ1v) is 10.8. The average Bonchev–Trinajstić information content (AvgIpc) is 2.85. The Morgan fingerprint density at radius 3 is 2.45 bits per heavy atom. The molecule has 3 rings (SSSR count). The van der Waals surface area contributed by atoms with E-state index in [9.17, 15) is 18.8 Å². The molecule has 174 valence electrons. The van der Waals surface area contributed by atoms with Crippen LogP contribution >= 0.6 is 0 Å². The van der Waals surface area contributed by atoms with Gasteiger partial charge in [0.2, 0.25) is 5.91 Å². The number of methoxy groups -OCH3 is 1. The number of amides is 3. The van der Waals surface area contributed by atoms with Crippen LogP contribution in [0, 0.1) is 11.7 Å². The smallest absolute Gasteiger partial charge is 0.257 e. The normalized spacial score (nSPS) is 14.8. The van der Waals surface area contributed by atoms with E-state index in [1.807, 2.05) is 0 Å². The van der Waals surface area contributed by atoms with E-state index in [1.54, 1.807) is 35.2 Å². The molecule has 0 bridgehead atoms. The van der Waals surface area contributed by atoms with Gasteiger partial charge in [-0.25, -0.2) is 4.39 Å². The van der Waals surface area contributed by atoms with E-state index in [2.05, 4.69) is 17.2 Å². The number of nitrogens with zero attached hydrogens (tertiary/aromatic N) is 1. The van der Waals surface area contributed by atoms with E-state index >= 15 is 0 Å². The highest BCUT2D eigenvalue weighted by Crippen LogP contribution is 2.25. The standard InChI is InChI=1S/C25H28FN3O4/c1-3-14-27-24(31)22(28-23(30)18-8-10-19(26)11-9-18)17-12-15-29(16-13-17)25(32)20-6-4-5-7-21(20)33-2/h3-11,17,22H,1,12-16H2,2H3,(H,27,31)(H,28,30)/t22-/m1/s1. The van der Waals surface area contributed by atoms with Gasteiger partial charge in [-0.1, -0.05) is 18.2 Å². The van der Waals surface area contributed by atoms with Gasteiger partial charge in [0.25, 0.3) is 11.8 Å². The number of rotatable bonds is 8. The van der Waals surface area contributed by atoms with Crippen LogP contribution in [-0.2, 0) is 4.79 Å². The van der Waals surface area contributed by atoms with Crippen LogP contribution < -0.4 is 15.4 Å². The zero-order valence-electron chi connectivity index (χ0n) is 18.6. The van der Waals surface area contributed by atoms with Crippen molar-refractivity contribution in [2.75, 3.05) is 26.7 Å². The summed E-state index contributed by atoms with van der Waals surface area (Å²) in [6, 6.07) is 11.4. The Bertz CT molecular complexity index is 1000. The van der Waals surface area contributed by atoms with Crippen molar-refractivity contribution in [3.05, 3.63) is 78.1 Å². The predicted molar refractivity (Wildman–Crippen MR) is 122 cm³/mol. The van der Waals surface area contributed by atoms with Crippen LogP contribution in [0.3, 0.4) is 0 Å². The lowest BCUT2D eigenvalue weighted by Gasteiger charge is -2.36. The molecule has 2 N–H and O–H groups in total. The van der Waals surface area contributed by atoms with Crippen LogP contribution in [0.2, 0.25) is 0 Å². The van der Waals surface area contributed by atoms with Crippen LogP contribution in [0.15, 0.2) is 61.2 Å². The van der Waals surface area contributed by atoms with Crippen molar-refractivity contribution < 1.29 is 23.5 Å². The van der Waals surface area contributed by atoms with Gasteiger partial charge in [-0.3, -0.25) is 14.4 Å². The summed E-state index contributed by atoms with van der Waals surface area (Å²) in [7, 11) is 1.52. The van der Waals surface area contributed by atoms with Gasteiger partial charge in [0, 0.05) is 25.2 Å². The van der Waals surface area contributed by atoms with Crippen LogP contribution in [0.5, 0.6) is 5.75 Å². The van der Waals surface area contributed by atoms with Gasteiger partial charge in [-0.2, -0.15) is 0 Å². The van der Waals surface area contributed by atoms with Gasteiger partial charge in [-0.15, -0.1) is 6.58 Å². The third-order valence-corrected chi connectivity index (χ3v) is 5.73. The van der Waals surface area contributed by atoms with E-state index < -0.39 is 17.8 Å². The van der Waals surface area contributed by atoms with E-state index in [0.717, 1.165) is 0 Å². The number of halogens is 1. The molecule has 0 spiro atoms. The third kappa shape index (κ3) is 5.97. The van der Waals surface area contributed by atoms with Gasteiger partial charge in [0.15, 0.2) is 0 Å². The Kier molecular flexibility index (Phi) is 8.18. The molecule has 2 aromatic rings. The molecular formula is C25H28FN3O4. The van der Waals surface area contributed by atoms with Gasteiger partial charge in [-0.05, 0) is 55.2 Å². The summed E-state index contributed by atoms with van der Waals surface area (Å²) in [5.41, 5.74) is 0.755. The van der Waals surface area contributed by atoms with Crippen molar-refractivity contribution in [3.63, 3.8) is 0 Å². The first-order valence-electron chi connectivity index (χ1n) is 10.8. The summed E-state index contributed by atoms with van der Waals surface area (Å²) in [6.07, 6.45) is 2.64. The molecule has 0 unspecified atom stereocenters. The fourth-order valence-corrected chi connectivity index (χ4v) is 3.93. The zero-order chi connectivity index (χ0) is 23.8. The summed E-state index contributed by atoms with van der Waals surface area (Å²) in [5, 5.41) is 5.54. The second-order valence-electron chi connectivity index (χ2n) is 7.82. The number of piperidine rings is 1. The predicted octanol–water partition coefficient (Wildman–Crippen LogP) is 2.79. The lowest BCUT2D eigenvalue weighted by Crippen LogP contribution is -2.53. The van der Waals surface area contributed by atoms with E-state index in [1.165, 1.54) is 31.4 Å². The highest BCUT2D eigenvalue weighted by molar-refractivity contribution is 5.98. The Balaban J connectivity index is 1.69. The summed E-state index contributed by atoms with van der Waals surface area (Å²) in [5.74, 6) is -1.01. The fraction of sp³-hybridized carbons (Fsp3) is 0.320. The first kappa shape index (κ1) is 24.0. The van der Waals surface area contributed by atoms with Crippen molar-refractivity contribution >= 4 is 17.7 Å². The summed E-state index contributed by atoms with van der Waals surface area (Å²) >= 11 is 0. The summed E-state index contributed by atoms with van der Waals surface area (Å²) in [6.45, 7) is 4.76. The fourth-order valence-electron chi connectivity index (χ4n) is 3.93. The largest absolute Gasteiger partial charge is 0.496 e. The highest BCUT2D eigenvalue weighted by atomic mass is 19.1. The molecule has 0 aromatic heterocycles. The number of hydrogen-bond acceptors (Lipinski definition) is 4. The van der Waals surface area contributed by atoms with Gasteiger partial charge in [0.05, 0.1) is 12.7 Å². The molecule has 1 saturated heterocycles. The Hall–Kier alpha value is -3.68. The number of nitrogens with one attached hydrogen (secondary N) is 2. The Morgan fingerprint density at radius 1 is 1.15 bits per heavy atom. The summed E-state index contributed by atoms with van der Waals surface area (Å²) in [4.78, 5) is 40.2. The molecule has 8 heteroatoms. The molecular weight excluding hydrogens is 425 g/mol. The molecule has 33 heavy (non-hydrogen) atoms. The van der Waals surface area contributed by atoms with Crippen molar-refractivity contribution in [2.24, 2.45) is 5.92 Å². The molecule has 1 aliphatic heterocycles. The number of benzene rings is 2. The van der Waals surface area contributed by atoms with Crippen LogP contribution in [0.1, 0.15) is 33.6 Å². The first-order chi connectivity index (χ1) is 15.9.